The molecule has 7 nitrogen and oxygen atoms in total. The van der Waals surface area contributed by atoms with Crippen molar-refractivity contribution in [1.29, 1.82) is 0 Å². The number of nitrogens with one attached hydrogen (secondary N) is 3. The molecule has 2 aromatic rings. The van der Waals surface area contributed by atoms with Crippen LogP contribution in [-0.4, -0.2) is 30.6 Å². The molecule has 0 spiro atoms. The van der Waals surface area contributed by atoms with Gasteiger partial charge in [-0.2, -0.15) is 0 Å². The lowest BCUT2D eigenvalue weighted by Gasteiger charge is -2.14. The Morgan fingerprint density at radius 3 is 2.57 bits per heavy atom. The third-order valence-electron chi connectivity index (χ3n) is 4.13. The van der Waals surface area contributed by atoms with Crippen molar-refractivity contribution in [3.05, 3.63) is 48.0 Å². The first-order valence-electron chi connectivity index (χ1n) is 9.79. The minimum Gasteiger partial charge on any atom is -0.494 e. The Hall–Kier alpha value is -3.13. The van der Waals surface area contributed by atoms with Gasteiger partial charge in [0.05, 0.1) is 19.4 Å². The summed E-state index contributed by atoms with van der Waals surface area (Å²) in [6.45, 7) is 4.43. The highest BCUT2D eigenvalue weighted by atomic mass is 32.1. The molecule has 160 valence electrons. The Balaban J connectivity index is 2.00. The molecule has 8 heteroatoms. The van der Waals surface area contributed by atoms with E-state index in [1.54, 1.807) is 42.5 Å². The highest BCUT2D eigenvalue weighted by Gasteiger charge is 2.12. The topological polar surface area (TPSA) is 88.7 Å². The van der Waals surface area contributed by atoms with Crippen LogP contribution in [0.25, 0.3) is 0 Å². The van der Waals surface area contributed by atoms with Crippen LogP contribution in [0, 0.1) is 0 Å². The second-order valence-corrected chi connectivity index (χ2v) is 6.84. The summed E-state index contributed by atoms with van der Waals surface area (Å²) in [6.07, 6.45) is 2.24. The number of amides is 2. The zero-order valence-corrected chi connectivity index (χ0v) is 18.2. The molecule has 0 unspecified atom stereocenters. The minimum atomic E-state index is -0.346. The van der Waals surface area contributed by atoms with Crippen LogP contribution in [0.15, 0.2) is 42.5 Å². The molecule has 0 aliphatic rings. The summed E-state index contributed by atoms with van der Waals surface area (Å²) in [4.78, 5) is 24.4. The van der Waals surface area contributed by atoms with Gasteiger partial charge in [0.2, 0.25) is 5.91 Å². The summed E-state index contributed by atoms with van der Waals surface area (Å²) < 4.78 is 10.8. The van der Waals surface area contributed by atoms with Gasteiger partial charge in [-0.1, -0.05) is 19.4 Å². The molecule has 3 N–H and O–H groups in total. The fourth-order valence-electron chi connectivity index (χ4n) is 2.65. The van der Waals surface area contributed by atoms with E-state index in [-0.39, 0.29) is 16.9 Å². The molecule has 0 aromatic heterocycles. The highest BCUT2D eigenvalue weighted by Crippen LogP contribution is 2.28. The third-order valence-corrected chi connectivity index (χ3v) is 4.33. The van der Waals surface area contributed by atoms with Gasteiger partial charge in [-0.3, -0.25) is 14.9 Å². The van der Waals surface area contributed by atoms with Crippen LogP contribution in [0.1, 0.15) is 43.5 Å². The molecule has 0 heterocycles. The minimum absolute atomic E-state index is 0.0621. The average molecular weight is 430 g/mol. The zero-order chi connectivity index (χ0) is 21.9. The second-order valence-electron chi connectivity index (χ2n) is 6.44. The van der Waals surface area contributed by atoms with Crippen molar-refractivity contribution in [3.63, 3.8) is 0 Å². The van der Waals surface area contributed by atoms with Crippen LogP contribution in [0.5, 0.6) is 11.5 Å². The number of hydrogen-bond donors (Lipinski definition) is 3. The maximum atomic E-state index is 12.4. The van der Waals surface area contributed by atoms with Crippen molar-refractivity contribution < 1.29 is 19.1 Å². The van der Waals surface area contributed by atoms with Crippen LogP contribution in [0.3, 0.4) is 0 Å². The summed E-state index contributed by atoms with van der Waals surface area (Å²) in [5.41, 5.74) is 1.63. The zero-order valence-electron chi connectivity index (χ0n) is 17.4. The normalized spacial score (nSPS) is 10.1. The van der Waals surface area contributed by atoms with Gasteiger partial charge in [0.15, 0.2) is 5.11 Å². The molecule has 30 heavy (non-hydrogen) atoms. The Bertz CT molecular complexity index is 902. The molecule has 2 rings (SSSR count). The first kappa shape index (κ1) is 23.2. The molecule has 0 radical (unpaired) electrons. The third kappa shape index (κ3) is 7.04. The van der Waals surface area contributed by atoms with Crippen molar-refractivity contribution >= 4 is 40.5 Å². The van der Waals surface area contributed by atoms with Crippen molar-refractivity contribution in [2.45, 2.75) is 33.1 Å². The van der Waals surface area contributed by atoms with E-state index in [1.165, 1.54) is 7.11 Å². The smallest absolute Gasteiger partial charge is 0.257 e. The summed E-state index contributed by atoms with van der Waals surface area (Å²) in [5.74, 6) is 0.697. The van der Waals surface area contributed by atoms with E-state index in [4.69, 9.17) is 21.7 Å². The Morgan fingerprint density at radius 1 is 1.07 bits per heavy atom. The van der Waals surface area contributed by atoms with Crippen LogP contribution < -0.4 is 25.4 Å². The monoisotopic (exact) mass is 429 g/mol. The molecule has 0 aliphatic heterocycles. The lowest BCUT2D eigenvalue weighted by Crippen LogP contribution is -2.34. The fraction of sp³-hybridized carbons (Fsp3) is 0.318. The van der Waals surface area contributed by atoms with Crippen molar-refractivity contribution in [2.24, 2.45) is 0 Å². The van der Waals surface area contributed by atoms with E-state index in [0.717, 1.165) is 12.8 Å². The molecule has 2 amide bonds. The van der Waals surface area contributed by atoms with E-state index >= 15 is 0 Å². The second kappa shape index (κ2) is 11.8. The predicted molar refractivity (Wildman–Crippen MR) is 122 cm³/mol. The number of carbonyl (C=O) groups excluding carboxylic acids is 2. The molecule has 0 fully saturated rings. The number of thiocarbonyl (C=S) groups is 1. The number of carbonyl (C=O) groups is 2. The maximum Gasteiger partial charge on any atom is 0.257 e. The summed E-state index contributed by atoms with van der Waals surface area (Å²) >= 11 is 5.24. The van der Waals surface area contributed by atoms with Gasteiger partial charge in [-0.05, 0) is 55.9 Å². The number of ether oxygens (including phenoxy) is 2. The molecule has 0 atom stereocenters. The Morgan fingerprint density at radius 2 is 1.87 bits per heavy atom. The summed E-state index contributed by atoms with van der Waals surface area (Å²) in [6, 6.07) is 12.0. The van der Waals surface area contributed by atoms with E-state index < -0.39 is 0 Å². The molecule has 0 bridgehead atoms. The molecular weight excluding hydrogens is 402 g/mol. The number of methoxy groups -OCH3 is 1. The van der Waals surface area contributed by atoms with Crippen molar-refractivity contribution in [1.82, 2.24) is 5.32 Å². The van der Waals surface area contributed by atoms with Gasteiger partial charge >= 0.3 is 0 Å². The first-order valence-corrected chi connectivity index (χ1v) is 10.2. The van der Waals surface area contributed by atoms with E-state index in [1.807, 2.05) is 13.8 Å². The number of anilines is 2. The predicted octanol–water partition coefficient (Wildman–Crippen LogP) is 4.35. The largest absolute Gasteiger partial charge is 0.494 e. The van der Waals surface area contributed by atoms with Gasteiger partial charge in [0, 0.05) is 23.7 Å². The van der Waals surface area contributed by atoms with Crippen LogP contribution in [0.4, 0.5) is 11.4 Å². The Kier molecular flexibility index (Phi) is 9.08. The number of benzene rings is 2. The fourth-order valence-corrected chi connectivity index (χ4v) is 2.86. The van der Waals surface area contributed by atoms with E-state index in [2.05, 4.69) is 16.0 Å². The van der Waals surface area contributed by atoms with Crippen LogP contribution in [-0.2, 0) is 4.79 Å². The molecule has 2 aromatic carbocycles. The maximum absolute atomic E-state index is 12.4. The van der Waals surface area contributed by atoms with E-state index in [0.29, 0.717) is 41.5 Å². The van der Waals surface area contributed by atoms with Gasteiger partial charge in [-0.15, -0.1) is 0 Å². The van der Waals surface area contributed by atoms with Gasteiger partial charge in [-0.25, -0.2) is 0 Å². The van der Waals surface area contributed by atoms with Gasteiger partial charge < -0.3 is 20.1 Å². The quantitative estimate of drug-likeness (QED) is 0.514. The number of unbranched alkanes of at least 4 members (excludes halogenated alkanes) is 1. The molecule has 0 aliphatic carbocycles. The number of rotatable bonds is 9. The molecule has 0 saturated carbocycles. The Labute approximate surface area is 182 Å². The van der Waals surface area contributed by atoms with Gasteiger partial charge in [0.25, 0.3) is 5.91 Å². The molecular formula is C22H27N3O4S. The lowest BCUT2D eigenvalue weighted by atomic mass is 10.2. The van der Waals surface area contributed by atoms with Gasteiger partial charge in [0.1, 0.15) is 11.5 Å². The highest BCUT2D eigenvalue weighted by molar-refractivity contribution is 7.80. The molecule has 0 saturated heterocycles. The van der Waals surface area contributed by atoms with E-state index in [9.17, 15) is 9.59 Å². The number of hydrogen-bond acceptors (Lipinski definition) is 5. The van der Waals surface area contributed by atoms with Crippen molar-refractivity contribution in [2.75, 3.05) is 24.4 Å². The average Bonchev–Trinajstić information content (AvgIpc) is 2.73. The lowest BCUT2D eigenvalue weighted by molar-refractivity contribution is -0.116. The van der Waals surface area contributed by atoms with Crippen LogP contribution >= 0.6 is 12.2 Å². The van der Waals surface area contributed by atoms with Crippen LogP contribution in [0.2, 0.25) is 0 Å². The summed E-state index contributed by atoms with van der Waals surface area (Å²) in [5, 5.41) is 8.57. The van der Waals surface area contributed by atoms with Crippen molar-refractivity contribution in [3.8, 4) is 11.5 Å². The SMILES string of the molecule is CCCCC(=O)Nc1ccc(NC(=S)NC(=O)c2cccc(OCC)c2)cc1OC. The first-order chi connectivity index (χ1) is 14.5. The summed E-state index contributed by atoms with van der Waals surface area (Å²) in [7, 11) is 1.52. The standard InChI is InChI=1S/C22H27N3O4S/c1-4-6-10-20(26)24-18-12-11-16(14-19(18)28-3)23-22(30)25-21(27)15-8-7-9-17(13-15)29-5-2/h7-9,11-14H,4-6,10H2,1-3H3,(H,24,26)(H2,23,25,27,30).